The van der Waals surface area contributed by atoms with Crippen LogP contribution in [0, 0.1) is 10.1 Å². The summed E-state index contributed by atoms with van der Waals surface area (Å²) in [6, 6.07) is 0. The van der Waals surface area contributed by atoms with Crippen LogP contribution in [0.3, 0.4) is 0 Å². The van der Waals surface area contributed by atoms with E-state index < -0.39 is 5.09 Å². The van der Waals surface area contributed by atoms with Crippen molar-refractivity contribution in [2.24, 2.45) is 0 Å². The SMILES string of the molecule is O=[N+]([O-])OCCCCCCCCCCCCC1COCO1. The maximum atomic E-state index is 9.93. The first-order valence-electron chi connectivity index (χ1n) is 8.25. The van der Waals surface area contributed by atoms with E-state index in [1.165, 1.54) is 44.9 Å². The molecule has 1 atom stereocenters. The molecular weight excluding hydrogens is 274 g/mol. The van der Waals surface area contributed by atoms with Crippen LogP contribution in [0.1, 0.15) is 70.6 Å². The highest BCUT2D eigenvalue weighted by Crippen LogP contribution is 2.14. The van der Waals surface area contributed by atoms with Crippen molar-refractivity contribution in [1.29, 1.82) is 0 Å². The van der Waals surface area contributed by atoms with Gasteiger partial charge in [0.05, 0.1) is 19.3 Å². The average molecular weight is 303 g/mol. The molecule has 0 aromatic heterocycles. The number of rotatable bonds is 14. The molecule has 0 radical (unpaired) electrons. The van der Waals surface area contributed by atoms with E-state index in [0.29, 0.717) is 12.9 Å². The molecule has 1 rings (SSSR count). The molecule has 0 amide bonds. The summed E-state index contributed by atoms with van der Waals surface area (Å²) in [6.07, 6.45) is 13.4. The predicted molar refractivity (Wildman–Crippen MR) is 79.4 cm³/mol. The largest absolute Gasteiger partial charge is 0.353 e. The van der Waals surface area contributed by atoms with Crippen molar-refractivity contribution in [2.75, 3.05) is 20.0 Å². The van der Waals surface area contributed by atoms with Gasteiger partial charge in [-0.2, -0.15) is 0 Å². The first-order valence-corrected chi connectivity index (χ1v) is 8.25. The third-order valence-electron chi connectivity index (χ3n) is 3.81. The van der Waals surface area contributed by atoms with Crippen LogP contribution < -0.4 is 0 Å². The fourth-order valence-electron chi connectivity index (χ4n) is 2.57. The molecule has 0 bridgehead atoms. The molecule has 0 N–H and O–H groups in total. The Hall–Kier alpha value is -0.880. The van der Waals surface area contributed by atoms with Crippen LogP contribution in [-0.2, 0) is 14.3 Å². The predicted octanol–water partition coefficient (Wildman–Crippen LogP) is 3.86. The summed E-state index contributed by atoms with van der Waals surface area (Å²) in [5.41, 5.74) is 0. The number of ether oxygens (including phenoxy) is 2. The van der Waals surface area contributed by atoms with Gasteiger partial charge in [0.1, 0.15) is 6.79 Å². The summed E-state index contributed by atoms with van der Waals surface area (Å²) in [5.74, 6) is 0. The molecule has 0 aliphatic carbocycles. The molecule has 6 heteroatoms. The highest BCUT2D eigenvalue weighted by Gasteiger charge is 2.14. The van der Waals surface area contributed by atoms with E-state index in [0.717, 1.165) is 32.3 Å². The molecule has 21 heavy (non-hydrogen) atoms. The van der Waals surface area contributed by atoms with Gasteiger partial charge in [-0.05, 0) is 12.8 Å². The van der Waals surface area contributed by atoms with Gasteiger partial charge in [0, 0.05) is 0 Å². The number of nitrogens with zero attached hydrogens (tertiary/aromatic N) is 1. The molecule has 1 saturated heterocycles. The third kappa shape index (κ3) is 11.5. The van der Waals surface area contributed by atoms with Crippen molar-refractivity contribution < 1.29 is 19.4 Å². The van der Waals surface area contributed by atoms with E-state index in [4.69, 9.17) is 9.47 Å². The minimum Gasteiger partial charge on any atom is -0.353 e. The van der Waals surface area contributed by atoms with Crippen molar-refractivity contribution in [1.82, 2.24) is 0 Å². The Kier molecular flexibility index (Phi) is 11.1. The molecular formula is C15H29NO5. The fourth-order valence-corrected chi connectivity index (χ4v) is 2.57. The van der Waals surface area contributed by atoms with Crippen molar-refractivity contribution in [3.8, 4) is 0 Å². The third-order valence-corrected chi connectivity index (χ3v) is 3.81. The molecule has 124 valence electrons. The normalized spacial score (nSPS) is 18.0. The van der Waals surface area contributed by atoms with E-state index in [2.05, 4.69) is 4.84 Å². The fraction of sp³-hybridized carbons (Fsp3) is 1.00. The Morgan fingerprint density at radius 1 is 0.952 bits per heavy atom. The molecule has 1 aliphatic rings. The summed E-state index contributed by atoms with van der Waals surface area (Å²) in [4.78, 5) is 14.2. The lowest BCUT2D eigenvalue weighted by atomic mass is 10.0. The summed E-state index contributed by atoms with van der Waals surface area (Å²) in [7, 11) is 0. The molecule has 1 fully saturated rings. The smallest absolute Gasteiger partial charge is 0.294 e. The van der Waals surface area contributed by atoms with Crippen molar-refractivity contribution >= 4 is 0 Å². The van der Waals surface area contributed by atoms with E-state index in [1.54, 1.807) is 0 Å². The van der Waals surface area contributed by atoms with Crippen LogP contribution in [0.5, 0.6) is 0 Å². The van der Waals surface area contributed by atoms with Crippen molar-refractivity contribution in [3.05, 3.63) is 10.1 Å². The van der Waals surface area contributed by atoms with E-state index in [-0.39, 0.29) is 6.61 Å². The minimum absolute atomic E-state index is 0.239. The molecule has 1 aliphatic heterocycles. The van der Waals surface area contributed by atoms with Crippen LogP contribution in [0.4, 0.5) is 0 Å². The van der Waals surface area contributed by atoms with Crippen molar-refractivity contribution in [2.45, 2.75) is 76.7 Å². The first-order chi connectivity index (χ1) is 10.3. The number of hydrogen-bond donors (Lipinski definition) is 0. The monoisotopic (exact) mass is 303 g/mol. The van der Waals surface area contributed by atoms with Gasteiger partial charge >= 0.3 is 0 Å². The molecule has 1 unspecified atom stereocenters. The second kappa shape index (κ2) is 12.8. The molecule has 0 saturated carbocycles. The second-order valence-corrected chi connectivity index (χ2v) is 5.66. The van der Waals surface area contributed by atoms with E-state index in [9.17, 15) is 10.1 Å². The van der Waals surface area contributed by atoms with E-state index in [1.807, 2.05) is 0 Å². The number of unbranched alkanes of at least 4 members (excludes halogenated alkanes) is 9. The maximum Gasteiger partial charge on any atom is 0.294 e. The van der Waals surface area contributed by atoms with Crippen LogP contribution in [-0.4, -0.2) is 31.2 Å². The van der Waals surface area contributed by atoms with Crippen LogP contribution >= 0.6 is 0 Å². The standard InChI is InChI=1S/C15H29NO5/c17-16(18)21-12-10-8-6-4-2-1-3-5-7-9-11-15-13-19-14-20-15/h15H,1-14H2. The lowest BCUT2D eigenvalue weighted by Gasteiger charge is -2.06. The zero-order valence-electron chi connectivity index (χ0n) is 13.0. The van der Waals surface area contributed by atoms with E-state index >= 15 is 0 Å². The van der Waals surface area contributed by atoms with Gasteiger partial charge in [0.2, 0.25) is 0 Å². The van der Waals surface area contributed by atoms with Crippen molar-refractivity contribution in [3.63, 3.8) is 0 Å². The average Bonchev–Trinajstić information content (AvgIpc) is 2.97. The van der Waals surface area contributed by atoms with Crippen LogP contribution in [0.15, 0.2) is 0 Å². The van der Waals surface area contributed by atoms with Crippen LogP contribution in [0.25, 0.3) is 0 Å². The molecule has 0 aromatic carbocycles. The second-order valence-electron chi connectivity index (χ2n) is 5.66. The summed E-state index contributed by atoms with van der Waals surface area (Å²) < 4.78 is 10.6. The van der Waals surface area contributed by atoms with Gasteiger partial charge < -0.3 is 14.3 Å². The lowest BCUT2D eigenvalue weighted by molar-refractivity contribution is -0.757. The Labute approximate surface area is 127 Å². The first kappa shape index (κ1) is 18.2. The van der Waals surface area contributed by atoms with Crippen LogP contribution in [0.2, 0.25) is 0 Å². The summed E-state index contributed by atoms with van der Waals surface area (Å²) in [6.45, 7) is 1.48. The van der Waals surface area contributed by atoms with Gasteiger partial charge in [0.15, 0.2) is 0 Å². The Morgan fingerprint density at radius 2 is 1.52 bits per heavy atom. The van der Waals surface area contributed by atoms with Gasteiger partial charge in [0.25, 0.3) is 5.09 Å². The minimum atomic E-state index is -0.716. The molecule has 1 heterocycles. The molecule has 0 spiro atoms. The Balaban J connectivity index is 1.68. The highest BCUT2D eigenvalue weighted by molar-refractivity contribution is 4.60. The Morgan fingerprint density at radius 3 is 2.05 bits per heavy atom. The molecule has 6 nitrogen and oxygen atoms in total. The Bertz CT molecular complexity index is 256. The van der Waals surface area contributed by atoms with Gasteiger partial charge in [-0.15, -0.1) is 10.1 Å². The van der Waals surface area contributed by atoms with Gasteiger partial charge in [-0.1, -0.05) is 57.8 Å². The highest BCUT2D eigenvalue weighted by atomic mass is 16.9. The van der Waals surface area contributed by atoms with Gasteiger partial charge in [-0.25, -0.2) is 0 Å². The summed E-state index contributed by atoms with van der Waals surface area (Å²) >= 11 is 0. The quantitative estimate of drug-likeness (QED) is 0.277. The lowest BCUT2D eigenvalue weighted by Crippen LogP contribution is -2.08. The van der Waals surface area contributed by atoms with Gasteiger partial charge in [-0.3, -0.25) is 0 Å². The number of hydrogen-bond acceptors (Lipinski definition) is 5. The zero-order valence-corrected chi connectivity index (χ0v) is 13.0. The topological polar surface area (TPSA) is 70.8 Å². The zero-order chi connectivity index (χ0) is 15.2. The summed E-state index contributed by atoms with van der Waals surface area (Å²) in [5, 5.41) is 9.21. The molecule has 0 aromatic rings. The maximum absolute atomic E-state index is 9.93.